The van der Waals surface area contributed by atoms with Gasteiger partial charge in [0.15, 0.2) is 0 Å². The number of carbonyl (C=O) groups is 1. The number of sulfonamides is 1. The topological polar surface area (TPSA) is 125 Å². The molecule has 3 N–H and O–H groups in total. The Hall–Kier alpha value is -2.42. The largest absolute Gasteiger partial charge is 0.481 e. The van der Waals surface area contributed by atoms with E-state index in [0.717, 1.165) is 0 Å². The van der Waals surface area contributed by atoms with E-state index in [-0.39, 0.29) is 17.3 Å². The van der Waals surface area contributed by atoms with Gasteiger partial charge in [-0.05, 0) is 24.6 Å². The third-order valence-electron chi connectivity index (χ3n) is 2.41. The van der Waals surface area contributed by atoms with Gasteiger partial charge in [0, 0.05) is 0 Å². The molecule has 8 nitrogen and oxygen atoms in total. The molecule has 0 spiro atoms. The van der Waals surface area contributed by atoms with E-state index in [1.165, 1.54) is 24.3 Å². The standard InChI is InChI=1S/C11H12N4O4S/c1-7-12-11(14-13-7)15-20(18,19)9-4-2-8(3-5-9)6-10(16)17/h2-5H,6H2,1H3,(H,16,17)(H2,12,13,14,15). The number of nitrogens with zero attached hydrogens (tertiary/aromatic N) is 2. The Morgan fingerprint density at radius 3 is 2.50 bits per heavy atom. The second kappa shape index (κ2) is 5.29. The zero-order chi connectivity index (χ0) is 14.8. The van der Waals surface area contributed by atoms with Crippen molar-refractivity contribution in [3.63, 3.8) is 0 Å². The SMILES string of the molecule is Cc1nc(NS(=O)(=O)c2ccc(CC(=O)O)cc2)n[nH]1. The summed E-state index contributed by atoms with van der Waals surface area (Å²) in [6, 6.07) is 5.57. The number of carboxylic acids is 1. The maximum atomic E-state index is 12.0. The molecular formula is C11H12N4O4S. The predicted octanol–water partition coefficient (Wildman–Crippen LogP) is 0.541. The van der Waals surface area contributed by atoms with Crippen LogP contribution in [0.15, 0.2) is 29.2 Å². The van der Waals surface area contributed by atoms with Crippen LogP contribution in [0, 0.1) is 6.92 Å². The first-order chi connectivity index (χ1) is 9.37. The molecule has 0 amide bonds. The van der Waals surface area contributed by atoms with E-state index in [1.807, 2.05) is 0 Å². The van der Waals surface area contributed by atoms with Gasteiger partial charge in [-0.25, -0.2) is 13.1 Å². The fraction of sp³-hybridized carbons (Fsp3) is 0.182. The van der Waals surface area contributed by atoms with Crippen LogP contribution in [-0.2, 0) is 21.2 Å². The van der Waals surface area contributed by atoms with Gasteiger partial charge in [-0.1, -0.05) is 12.1 Å². The van der Waals surface area contributed by atoms with Crippen LogP contribution in [0.4, 0.5) is 5.95 Å². The molecule has 0 saturated carbocycles. The van der Waals surface area contributed by atoms with Crippen LogP contribution in [-0.4, -0.2) is 34.7 Å². The van der Waals surface area contributed by atoms with E-state index in [4.69, 9.17) is 5.11 Å². The Morgan fingerprint density at radius 1 is 1.35 bits per heavy atom. The Bertz CT molecular complexity index is 721. The monoisotopic (exact) mass is 296 g/mol. The molecule has 0 unspecified atom stereocenters. The van der Waals surface area contributed by atoms with Crippen LogP contribution in [0.1, 0.15) is 11.4 Å². The second-order valence-corrected chi connectivity index (χ2v) is 5.75. The summed E-state index contributed by atoms with van der Waals surface area (Å²) in [5.74, 6) is -0.536. The van der Waals surface area contributed by atoms with Crippen LogP contribution in [0.3, 0.4) is 0 Å². The Labute approximate surface area is 114 Å². The first-order valence-corrected chi connectivity index (χ1v) is 7.08. The number of aryl methyl sites for hydroxylation is 1. The highest BCUT2D eigenvalue weighted by Gasteiger charge is 2.16. The third-order valence-corrected chi connectivity index (χ3v) is 3.76. The number of benzene rings is 1. The summed E-state index contributed by atoms with van der Waals surface area (Å²) >= 11 is 0. The molecule has 2 rings (SSSR count). The molecule has 106 valence electrons. The highest BCUT2D eigenvalue weighted by molar-refractivity contribution is 7.92. The molecule has 0 radical (unpaired) electrons. The number of rotatable bonds is 5. The average Bonchev–Trinajstić information content (AvgIpc) is 2.74. The number of nitrogens with one attached hydrogen (secondary N) is 2. The van der Waals surface area contributed by atoms with Crippen molar-refractivity contribution in [2.75, 3.05) is 4.72 Å². The average molecular weight is 296 g/mol. The quantitative estimate of drug-likeness (QED) is 0.739. The van der Waals surface area contributed by atoms with Crippen molar-refractivity contribution < 1.29 is 18.3 Å². The van der Waals surface area contributed by atoms with Crippen molar-refractivity contribution in [1.29, 1.82) is 0 Å². The van der Waals surface area contributed by atoms with Gasteiger partial charge in [0.1, 0.15) is 5.82 Å². The Kier molecular flexibility index (Phi) is 3.70. The summed E-state index contributed by atoms with van der Waals surface area (Å²) in [4.78, 5) is 14.4. The lowest BCUT2D eigenvalue weighted by molar-refractivity contribution is -0.136. The van der Waals surface area contributed by atoms with Crippen molar-refractivity contribution in [2.24, 2.45) is 0 Å². The number of anilines is 1. The molecule has 20 heavy (non-hydrogen) atoms. The van der Waals surface area contributed by atoms with Gasteiger partial charge >= 0.3 is 5.97 Å². The fourth-order valence-corrected chi connectivity index (χ4v) is 2.47. The summed E-state index contributed by atoms with van der Waals surface area (Å²) in [7, 11) is -3.79. The number of aromatic nitrogens is 3. The van der Waals surface area contributed by atoms with Gasteiger partial charge in [0.05, 0.1) is 11.3 Å². The maximum Gasteiger partial charge on any atom is 0.307 e. The minimum Gasteiger partial charge on any atom is -0.481 e. The molecule has 1 heterocycles. The van der Waals surface area contributed by atoms with Crippen molar-refractivity contribution in [3.05, 3.63) is 35.7 Å². The molecule has 2 aromatic rings. The smallest absolute Gasteiger partial charge is 0.307 e. The zero-order valence-electron chi connectivity index (χ0n) is 10.5. The van der Waals surface area contributed by atoms with E-state index >= 15 is 0 Å². The van der Waals surface area contributed by atoms with Gasteiger partial charge in [0.25, 0.3) is 16.0 Å². The second-order valence-electron chi connectivity index (χ2n) is 4.06. The predicted molar refractivity (Wildman–Crippen MR) is 69.7 cm³/mol. The number of aliphatic carboxylic acids is 1. The van der Waals surface area contributed by atoms with E-state index in [9.17, 15) is 13.2 Å². The summed E-state index contributed by atoms with van der Waals surface area (Å²) < 4.78 is 26.3. The molecule has 0 saturated heterocycles. The van der Waals surface area contributed by atoms with Gasteiger partial charge in [-0.3, -0.25) is 9.89 Å². The van der Waals surface area contributed by atoms with Crippen LogP contribution in [0.2, 0.25) is 0 Å². The minimum atomic E-state index is -3.79. The third kappa shape index (κ3) is 3.32. The minimum absolute atomic E-state index is 0.00842. The highest BCUT2D eigenvalue weighted by atomic mass is 32.2. The number of hydrogen-bond donors (Lipinski definition) is 3. The molecule has 0 fully saturated rings. The summed E-state index contributed by atoms with van der Waals surface area (Å²) in [5.41, 5.74) is 0.519. The van der Waals surface area contributed by atoms with Crippen LogP contribution in [0.25, 0.3) is 0 Å². The van der Waals surface area contributed by atoms with Gasteiger partial charge < -0.3 is 5.11 Å². The molecule has 9 heteroatoms. The lowest BCUT2D eigenvalue weighted by Crippen LogP contribution is -2.14. The van der Waals surface area contributed by atoms with Crippen molar-refractivity contribution in [1.82, 2.24) is 15.2 Å². The fourth-order valence-electron chi connectivity index (χ4n) is 1.53. The van der Waals surface area contributed by atoms with E-state index in [2.05, 4.69) is 19.9 Å². The number of hydrogen-bond acceptors (Lipinski definition) is 5. The molecular weight excluding hydrogens is 284 g/mol. The van der Waals surface area contributed by atoms with E-state index in [1.54, 1.807) is 6.92 Å². The van der Waals surface area contributed by atoms with Crippen LogP contribution in [0.5, 0.6) is 0 Å². The summed E-state index contributed by atoms with van der Waals surface area (Å²) in [5, 5.41) is 14.8. The maximum absolute atomic E-state index is 12.0. The molecule has 0 aliphatic rings. The highest BCUT2D eigenvalue weighted by Crippen LogP contribution is 2.14. The summed E-state index contributed by atoms with van der Waals surface area (Å²) in [6.45, 7) is 1.64. The van der Waals surface area contributed by atoms with Gasteiger partial charge in [-0.2, -0.15) is 4.98 Å². The molecule has 0 aliphatic heterocycles. The lowest BCUT2D eigenvalue weighted by atomic mass is 10.2. The van der Waals surface area contributed by atoms with E-state index < -0.39 is 16.0 Å². The van der Waals surface area contributed by atoms with E-state index in [0.29, 0.717) is 11.4 Å². The van der Waals surface area contributed by atoms with Gasteiger partial charge in [0.2, 0.25) is 0 Å². The molecule has 0 bridgehead atoms. The van der Waals surface area contributed by atoms with Crippen LogP contribution < -0.4 is 4.72 Å². The number of H-pyrrole nitrogens is 1. The first-order valence-electron chi connectivity index (χ1n) is 5.59. The molecule has 0 aliphatic carbocycles. The zero-order valence-corrected chi connectivity index (χ0v) is 11.3. The van der Waals surface area contributed by atoms with Crippen molar-refractivity contribution >= 4 is 21.9 Å². The van der Waals surface area contributed by atoms with Crippen molar-refractivity contribution in [3.8, 4) is 0 Å². The Balaban J connectivity index is 2.19. The molecule has 1 aromatic heterocycles. The first kappa shape index (κ1) is 14.0. The molecule has 1 aromatic carbocycles. The van der Waals surface area contributed by atoms with Crippen molar-refractivity contribution in [2.45, 2.75) is 18.2 Å². The number of aromatic amines is 1. The van der Waals surface area contributed by atoms with Gasteiger partial charge in [-0.15, -0.1) is 5.10 Å². The summed E-state index contributed by atoms with van der Waals surface area (Å²) in [6.07, 6.45) is -0.159. The normalized spacial score (nSPS) is 11.2. The Morgan fingerprint density at radius 2 is 2.00 bits per heavy atom. The van der Waals surface area contributed by atoms with Crippen LogP contribution >= 0.6 is 0 Å². The lowest BCUT2D eigenvalue weighted by Gasteiger charge is -2.05. The number of carboxylic acid groups (broad SMARTS) is 1. The molecule has 0 atom stereocenters.